The maximum atomic E-state index is 13.5. The van der Waals surface area contributed by atoms with Crippen LogP contribution in [-0.2, 0) is 6.42 Å². The third kappa shape index (κ3) is 3.69. The fourth-order valence-corrected chi connectivity index (χ4v) is 5.23. The molecule has 3 aromatic carbocycles. The van der Waals surface area contributed by atoms with E-state index in [1.807, 2.05) is 18.2 Å². The van der Waals surface area contributed by atoms with Crippen LogP contribution in [0.1, 0.15) is 12.5 Å². The quantitative estimate of drug-likeness (QED) is 0.482. The van der Waals surface area contributed by atoms with E-state index in [1.165, 1.54) is 12.1 Å². The van der Waals surface area contributed by atoms with E-state index in [-0.39, 0.29) is 11.5 Å². The van der Waals surface area contributed by atoms with Gasteiger partial charge in [0.2, 0.25) is 0 Å². The minimum Gasteiger partial charge on any atom is -0.486 e. The normalized spacial score (nSPS) is 15.6. The van der Waals surface area contributed by atoms with Crippen LogP contribution in [0.4, 0.5) is 15.8 Å². The van der Waals surface area contributed by atoms with E-state index in [0.717, 1.165) is 72.1 Å². The van der Waals surface area contributed by atoms with Crippen LogP contribution in [0.5, 0.6) is 11.5 Å². The Labute approximate surface area is 202 Å². The summed E-state index contributed by atoms with van der Waals surface area (Å²) in [7, 11) is 0. The molecule has 6 rings (SSSR count). The molecular weight excluding hydrogens is 447 g/mol. The number of fused-ring (bicyclic) bond motifs is 2. The van der Waals surface area contributed by atoms with Gasteiger partial charge in [-0.3, -0.25) is 4.57 Å². The Morgan fingerprint density at radius 1 is 0.886 bits per heavy atom. The molecule has 7 nitrogen and oxygen atoms in total. The molecule has 2 aliphatic rings. The number of imidazole rings is 1. The van der Waals surface area contributed by atoms with Gasteiger partial charge in [-0.05, 0) is 55.0 Å². The predicted octanol–water partition coefficient (Wildman–Crippen LogP) is 4.12. The van der Waals surface area contributed by atoms with Crippen LogP contribution in [0.25, 0.3) is 16.7 Å². The monoisotopic (exact) mass is 474 g/mol. The molecule has 1 N–H and O–H groups in total. The van der Waals surface area contributed by atoms with Crippen LogP contribution in [0.15, 0.2) is 59.4 Å². The fraction of sp³-hybridized carbons (Fsp3) is 0.296. The molecule has 3 heterocycles. The molecule has 1 fully saturated rings. The number of piperazine rings is 1. The molecular formula is C27H27FN4O3. The van der Waals surface area contributed by atoms with Crippen molar-refractivity contribution in [1.82, 2.24) is 9.55 Å². The highest BCUT2D eigenvalue weighted by atomic mass is 19.1. The van der Waals surface area contributed by atoms with Crippen LogP contribution in [0, 0.1) is 5.82 Å². The highest BCUT2D eigenvalue weighted by Crippen LogP contribution is 2.40. The molecule has 0 spiro atoms. The summed E-state index contributed by atoms with van der Waals surface area (Å²) in [5.74, 6) is 1.31. The van der Waals surface area contributed by atoms with Crippen molar-refractivity contribution in [1.29, 1.82) is 0 Å². The van der Waals surface area contributed by atoms with Crippen molar-refractivity contribution in [2.24, 2.45) is 0 Å². The summed E-state index contributed by atoms with van der Waals surface area (Å²) in [5.41, 5.74) is 5.37. The lowest BCUT2D eigenvalue weighted by molar-refractivity contribution is 0.172. The molecule has 0 unspecified atom stereocenters. The number of aryl methyl sites for hydroxylation is 1. The van der Waals surface area contributed by atoms with Crippen LogP contribution in [-0.4, -0.2) is 48.9 Å². The smallest absolute Gasteiger partial charge is 0.331 e. The van der Waals surface area contributed by atoms with E-state index >= 15 is 0 Å². The molecule has 35 heavy (non-hydrogen) atoms. The number of ether oxygens (including phenoxy) is 2. The zero-order chi connectivity index (χ0) is 23.9. The predicted molar refractivity (Wildman–Crippen MR) is 135 cm³/mol. The first-order valence-corrected chi connectivity index (χ1v) is 12.0. The third-order valence-electron chi connectivity index (χ3n) is 6.87. The number of para-hydroxylation sites is 1. The molecule has 0 atom stereocenters. The summed E-state index contributed by atoms with van der Waals surface area (Å²) in [6.07, 6.45) is 0.767. The highest BCUT2D eigenvalue weighted by Gasteiger charge is 2.25. The maximum absolute atomic E-state index is 13.5. The van der Waals surface area contributed by atoms with E-state index in [0.29, 0.717) is 18.9 Å². The van der Waals surface area contributed by atoms with Gasteiger partial charge in [0.05, 0.1) is 22.4 Å². The van der Waals surface area contributed by atoms with Crippen LogP contribution in [0.3, 0.4) is 0 Å². The lowest BCUT2D eigenvalue weighted by Gasteiger charge is -2.39. The van der Waals surface area contributed by atoms with Gasteiger partial charge in [-0.2, -0.15) is 0 Å². The van der Waals surface area contributed by atoms with E-state index in [4.69, 9.17) is 9.47 Å². The zero-order valence-corrected chi connectivity index (χ0v) is 19.6. The number of aromatic amines is 1. The van der Waals surface area contributed by atoms with Gasteiger partial charge >= 0.3 is 5.69 Å². The summed E-state index contributed by atoms with van der Waals surface area (Å²) in [4.78, 5) is 20.6. The fourth-order valence-electron chi connectivity index (χ4n) is 5.23. The SMILES string of the molecule is CCc1c(N2CCN(c3cccc4c3OCCO4)CC2)ccc2[nH]c(=O)n(-c3ccc(F)cc3)c12. The first-order valence-electron chi connectivity index (χ1n) is 12.0. The molecule has 8 heteroatoms. The number of nitrogens with zero attached hydrogens (tertiary/aromatic N) is 3. The minimum absolute atomic E-state index is 0.223. The number of hydrogen-bond donors (Lipinski definition) is 1. The van der Waals surface area contributed by atoms with Gasteiger partial charge in [0, 0.05) is 37.4 Å². The summed E-state index contributed by atoms with van der Waals surface area (Å²) in [6, 6.07) is 16.2. The van der Waals surface area contributed by atoms with Crippen molar-refractivity contribution in [2.75, 3.05) is 49.2 Å². The van der Waals surface area contributed by atoms with Crippen LogP contribution < -0.4 is 25.0 Å². The Morgan fingerprint density at radius 2 is 1.60 bits per heavy atom. The summed E-state index contributed by atoms with van der Waals surface area (Å²) in [6.45, 7) is 6.62. The summed E-state index contributed by atoms with van der Waals surface area (Å²) < 4.78 is 26.9. The van der Waals surface area contributed by atoms with E-state index in [9.17, 15) is 9.18 Å². The number of aromatic nitrogens is 2. The Hall–Kier alpha value is -3.94. The summed E-state index contributed by atoms with van der Waals surface area (Å²) in [5, 5.41) is 0. The average Bonchev–Trinajstić information content (AvgIpc) is 3.24. The lowest BCUT2D eigenvalue weighted by atomic mass is 10.1. The molecule has 0 radical (unpaired) electrons. The highest BCUT2D eigenvalue weighted by molar-refractivity contribution is 5.86. The molecule has 1 aromatic heterocycles. The van der Waals surface area contributed by atoms with E-state index in [1.54, 1.807) is 16.7 Å². The number of nitrogens with one attached hydrogen (secondary N) is 1. The Balaban J connectivity index is 1.33. The number of H-pyrrole nitrogens is 1. The number of rotatable bonds is 4. The third-order valence-corrected chi connectivity index (χ3v) is 6.87. The van der Waals surface area contributed by atoms with Crippen molar-refractivity contribution in [3.8, 4) is 17.2 Å². The Bertz CT molecular complexity index is 1440. The standard InChI is InChI=1S/C27H27FN4O3/c1-2-20-22(11-10-21-25(20)32(27(33)29-21)19-8-6-18(28)7-9-19)30-12-14-31(15-13-30)23-4-3-5-24-26(23)35-17-16-34-24/h3-11H,2,12-17H2,1H3,(H,29,33). The maximum Gasteiger partial charge on any atom is 0.331 e. The lowest BCUT2D eigenvalue weighted by Crippen LogP contribution is -2.47. The topological polar surface area (TPSA) is 62.7 Å². The van der Waals surface area contributed by atoms with Crippen LogP contribution >= 0.6 is 0 Å². The van der Waals surface area contributed by atoms with Crippen molar-refractivity contribution in [2.45, 2.75) is 13.3 Å². The van der Waals surface area contributed by atoms with Crippen molar-refractivity contribution in [3.05, 3.63) is 76.5 Å². The first kappa shape index (κ1) is 21.6. The van der Waals surface area contributed by atoms with E-state index in [2.05, 4.69) is 33.8 Å². The average molecular weight is 475 g/mol. The number of halogens is 1. The van der Waals surface area contributed by atoms with Gasteiger partial charge in [-0.1, -0.05) is 13.0 Å². The second kappa shape index (κ2) is 8.69. The van der Waals surface area contributed by atoms with E-state index < -0.39 is 0 Å². The second-order valence-electron chi connectivity index (χ2n) is 8.83. The molecule has 0 amide bonds. The first-order chi connectivity index (χ1) is 17.1. The largest absolute Gasteiger partial charge is 0.486 e. The Morgan fingerprint density at radius 3 is 2.34 bits per heavy atom. The van der Waals surface area contributed by atoms with Gasteiger partial charge in [0.15, 0.2) is 11.5 Å². The van der Waals surface area contributed by atoms with Gasteiger partial charge in [-0.25, -0.2) is 9.18 Å². The molecule has 4 aromatic rings. The minimum atomic E-state index is -0.326. The van der Waals surface area contributed by atoms with Gasteiger partial charge in [0.25, 0.3) is 0 Å². The van der Waals surface area contributed by atoms with Gasteiger partial charge in [-0.15, -0.1) is 0 Å². The number of hydrogen-bond acceptors (Lipinski definition) is 5. The summed E-state index contributed by atoms with van der Waals surface area (Å²) >= 11 is 0. The molecule has 2 aliphatic heterocycles. The second-order valence-corrected chi connectivity index (χ2v) is 8.83. The molecule has 0 aliphatic carbocycles. The molecule has 1 saturated heterocycles. The Kier molecular flexibility index (Phi) is 5.36. The molecule has 180 valence electrons. The van der Waals surface area contributed by atoms with Gasteiger partial charge in [0.1, 0.15) is 19.0 Å². The zero-order valence-electron chi connectivity index (χ0n) is 19.6. The van der Waals surface area contributed by atoms with Crippen molar-refractivity contribution >= 4 is 22.4 Å². The molecule has 0 saturated carbocycles. The number of benzene rings is 3. The van der Waals surface area contributed by atoms with Crippen LogP contribution in [0.2, 0.25) is 0 Å². The van der Waals surface area contributed by atoms with Crippen molar-refractivity contribution in [3.63, 3.8) is 0 Å². The number of anilines is 2. The van der Waals surface area contributed by atoms with Crippen molar-refractivity contribution < 1.29 is 13.9 Å². The molecule has 0 bridgehead atoms. The van der Waals surface area contributed by atoms with Gasteiger partial charge < -0.3 is 24.3 Å².